The maximum atomic E-state index is 5.88. The van der Waals surface area contributed by atoms with Crippen molar-refractivity contribution in [1.82, 2.24) is 9.78 Å². The zero-order valence-corrected chi connectivity index (χ0v) is 14.4. The first-order valence-corrected chi connectivity index (χ1v) is 8.08. The molecule has 0 saturated carbocycles. The lowest BCUT2D eigenvalue weighted by atomic mass is 10.1. The summed E-state index contributed by atoms with van der Waals surface area (Å²) < 4.78 is 8.92. The maximum absolute atomic E-state index is 5.88. The molecule has 1 atom stereocenters. The Morgan fingerprint density at radius 2 is 1.95 bits per heavy atom. The number of benzene rings is 1. The summed E-state index contributed by atoms with van der Waals surface area (Å²) in [4.78, 5) is 0. The monoisotopic (exact) mass is 351 g/mol. The van der Waals surface area contributed by atoms with Crippen LogP contribution in [0.2, 0.25) is 0 Å². The number of rotatable bonds is 6. The van der Waals surface area contributed by atoms with E-state index in [0.29, 0.717) is 6.61 Å². The maximum Gasteiger partial charge on any atom is 0.131 e. The van der Waals surface area contributed by atoms with Crippen LogP contribution in [0.5, 0.6) is 5.75 Å². The van der Waals surface area contributed by atoms with E-state index in [9.17, 15) is 0 Å². The quantitative estimate of drug-likeness (QED) is 0.860. The van der Waals surface area contributed by atoms with Gasteiger partial charge in [0.1, 0.15) is 12.4 Å². The van der Waals surface area contributed by atoms with Gasteiger partial charge in [-0.15, -0.1) is 0 Å². The molecule has 2 rings (SSSR count). The van der Waals surface area contributed by atoms with Crippen molar-refractivity contribution in [2.45, 2.75) is 46.4 Å². The van der Waals surface area contributed by atoms with Gasteiger partial charge in [0, 0.05) is 12.6 Å². The van der Waals surface area contributed by atoms with E-state index >= 15 is 0 Å². The minimum Gasteiger partial charge on any atom is -0.487 e. The normalized spacial score (nSPS) is 12.4. The van der Waals surface area contributed by atoms with E-state index in [1.165, 1.54) is 0 Å². The number of nitrogens with two attached hydrogens (primary N) is 1. The highest BCUT2D eigenvalue weighted by molar-refractivity contribution is 9.10. The Hall–Kier alpha value is -1.33. The number of halogens is 1. The van der Waals surface area contributed by atoms with E-state index in [0.717, 1.165) is 40.1 Å². The largest absolute Gasteiger partial charge is 0.487 e. The zero-order chi connectivity index (χ0) is 15.4. The van der Waals surface area contributed by atoms with Crippen molar-refractivity contribution in [2.75, 3.05) is 0 Å². The van der Waals surface area contributed by atoms with Gasteiger partial charge in [-0.05, 0) is 53.9 Å². The number of ether oxygens (including phenoxy) is 1. The minimum atomic E-state index is 0.0434. The molecule has 2 N–H and O–H groups in total. The highest BCUT2D eigenvalue weighted by atomic mass is 79.9. The lowest BCUT2D eigenvalue weighted by Crippen LogP contribution is -2.07. The standard InChI is InChI=1S/C16H22BrN3O/c1-4-14-16(17)15(20(5-2)19-14)10-21-13-8-6-12(7-9-13)11(3)18/h6-9,11H,4-5,10,18H2,1-3H3/t11-/m1/s1. The molecule has 5 heteroatoms. The van der Waals surface area contributed by atoms with Crippen molar-refractivity contribution in [2.24, 2.45) is 5.73 Å². The summed E-state index contributed by atoms with van der Waals surface area (Å²) in [6, 6.07) is 7.97. The Balaban J connectivity index is 2.10. The molecular formula is C16H22BrN3O. The van der Waals surface area contributed by atoms with Crippen molar-refractivity contribution < 1.29 is 4.74 Å². The van der Waals surface area contributed by atoms with Crippen LogP contribution in [0.15, 0.2) is 28.7 Å². The summed E-state index contributed by atoms with van der Waals surface area (Å²) in [6.07, 6.45) is 0.906. The lowest BCUT2D eigenvalue weighted by molar-refractivity contribution is 0.291. The zero-order valence-electron chi connectivity index (χ0n) is 12.8. The van der Waals surface area contributed by atoms with Gasteiger partial charge >= 0.3 is 0 Å². The molecule has 0 fully saturated rings. The smallest absolute Gasteiger partial charge is 0.131 e. The van der Waals surface area contributed by atoms with Crippen LogP contribution >= 0.6 is 15.9 Å². The highest BCUT2D eigenvalue weighted by Crippen LogP contribution is 2.24. The van der Waals surface area contributed by atoms with E-state index in [1.807, 2.05) is 35.9 Å². The van der Waals surface area contributed by atoms with Gasteiger partial charge in [0.15, 0.2) is 0 Å². The molecule has 1 aromatic heterocycles. The van der Waals surface area contributed by atoms with Gasteiger partial charge in [-0.3, -0.25) is 4.68 Å². The van der Waals surface area contributed by atoms with Crippen LogP contribution in [0.1, 0.15) is 43.8 Å². The predicted molar refractivity (Wildman–Crippen MR) is 88.4 cm³/mol. The average Bonchev–Trinajstić information content (AvgIpc) is 2.81. The van der Waals surface area contributed by atoms with Gasteiger partial charge in [-0.1, -0.05) is 19.1 Å². The van der Waals surface area contributed by atoms with Crippen LogP contribution in [-0.4, -0.2) is 9.78 Å². The number of nitrogens with zero attached hydrogens (tertiary/aromatic N) is 2. The second-order valence-electron chi connectivity index (χ2n) is 5.02. The Kier molecular flexibility index (Phi) is 5.42. The van der Waals surface area contributed by atoms with Gasteiger partial charge in [0.05, 0.1) is 15.9 Å². The molecule has 0 bridgehead atoms. The summed E-state index contributed by atoms with van der Waals surface area (Å²) in [7, 11) is 0. The number of hydrogen-bond donors (Lipinski definition) is 1. The van der Waals surface area contributed by atoms with Crippen LogP contribution in [0.25, 0.3) is 0 Å². The third-order valence-corrected chi connectivity index (χ3v) is 4.39. The molecule has 0 aliphatic rings. The second-order valence-corrected chi connectivity index (χ2v) is 5.82. The predicted octanol–water partition coefficient (Wildman–Crippen LogP) is 3.83. The molecule has 114 valence electrons. The van der Waals surface area contributed by atoms with Gasteiger partial charge < -0.3 is 10.5 Å². The first-order valence-electron chi connectivity index (χ1n) is 7.29. The Morgan fingerprint density at radius 1 is 1.29 bits per heavy atom. The molecular weight excluding hydrogens is 330 g/mol. The second kappa shape index (κ2) is 7.09. The van der Waals surface area contributed by atoms with Crippen molar-refractivity contribution in [3.63, 3.8) is 0 Å². The summed E-state index contributed by atoms with van der Waals surface area (Å²) in [5.74, 6) is 0.841. The molecule has 1 heterocycles. The van der Waals surface area contributed by atoms with Crippen LogP contribution in [-0.2, 0) is 19.6 Å². The molecule has 0 unspecified atom stereocenters. The number of hydrogen-bond acceptors (Lipinski definition) is 3. The van der Waals surface area contributed by atoms with E-state index < -0.39 is 0 Å². The Bertz CT molecular complexity index is 590. The fourth-order valence-electron chi connectivity index (χ4n) is 2.17. The van der Waals surface area contributed by atoms with E-state index in [4.69, 9.17) is 10.5 Å². The Labute approximate surface area is 134 Å². The van der Waals surface area contributed by atoms with Crippen molar-refractivity contribution >= 4 is 15.9 Å². The topological polar surface area (TPSA) is 53.1 Å². The summed E-state index contributed by atoms with van der Waals surface area (Å²) in [6.45, 7) is 7.49. The van der Waals surface area contributed by atoms with Crippen LogP contribution in [0.4, 0.5) is 0 Å². The third-order valence-electron chi connectivity index (χ3n) is 3.48. The fourth-order valence-corrected chi connectivity index (χ4v) is 2.85. The first kappa shape index (κ1) is 16.0. The molecule has 0 saturated heterocycles. The molecule has 4 nitrogen and oxygen atoms in total. The van der Waals surface area contributed by atoms with Gasteiger partial charge in [0.2, 0.25) is 0 Å². The highest BCUT2D eigenvalue weighted by Gasteiger charge is 2.14. The van der Waals surface area contributed by atoms with Crippen LogP contribution in [0, 0.1) is 0 Å². The molecule has 0 aliphatic carbocycles. The summed E-state index contributed by atoms with van der Waals surface area (Å²) >= 11 is 3.63. The molecule has 21 heavy (non-hydrogen) atoms. The summed E-state index contributed by atoms with van der Waals surface area (Å²) in [5, 5.41) is 4.57. The first-order chi connectivity index (χ1) is 10.1. The summed E-state index contributed by atoms with van der Waals surface area (Å²) in [5.41, 5.74) is 9.10. The van der Waals surface area contributed by atoms with Gasteiger partial charge in [0.25, 0.3) is 0 Å². The van der Waals surface area contributed by atoms with E-state index in [2.05, 4.69) is 34.9 Å². The molecule has 1 aromatic carbocycles. The third kappa shape index (κ3) is 3.66. The lowest BCUT2D eigenvalue weighted by Gasteiger charge is -2.10. The van der Waals surface area contributed by atoms with Crippen molar-refractivity contribution in [3.8, 4) is 5.75 Å². The van der Waals surface area contributed by atoms with Crippen LogP contribution < -0.4 is 10.5 Å². The number of aryl methyl sites for hydroxylation is 2. The van der Waals surface area contributed by atoms with Gasteiger partial charge in [-0.25, -0.2) is 0 Å². The SMILES string of the molecule is CCc1nn(CC)c(COc2ccc([C@@H](C)N)cc2)c1Br. The Morgan fingerprint density at radius 3 is 2.48 bits per heavy atom. The van der Waals surface area contributed by atoms with Gasteiger partial charge in [-0.2, -0.15) is 5.10 Å². The fraction of sp³-hybridized carbons (Fsp3) is 0.438. The van der Waals surface area contributed by atoms with Crippen molar-refractivity contribution in [1.29, 1.82) is 0 Å². The van der Waals surface area contributed by atoms with E-state index in [-0.39, 0.29) is 6.04 Å². The molecule has 0 amide bonds. The van der Waals surface area contributed by atoms with Crippen molar-refractivity contribution in [3.05, 3.63) is 45.7 Å². The minimum absolute atomic E-state index is 0.0434. The molecule has 0 aliphatic heterocycles. The number of aromatic nitrogens is 2. The average molecular weight is 352 g/mol. The molecule has 2 aromatic rings. The van der Waals surface area contributed by atoms with E-state index in [1.54, 1.807) is 0 Å². The van der Waals surface area contributed by atoms with Crippen LogP contribution in [0.3, 0.4) is 0 Å². The molecule has 0 spiro atoms. The molecule has 0 radical (unpaired) electrons.